The van der Waals surface area contributed by atoms with Crippen molar-refractivity contribution in [2.24, 2.45) is 16.7 Å². The Morgan fingerprint density at radius 2 is 1.39 bits per heavy atom. The van der Waals surface area contributed by atoms with Gasteiger partial charge in [-0.2, -0.15) is 0 Å². The van der Waals surface area contributed by atoms with Crippen molar-refractivity contribution in [1.29, 1.82) is 0 Å². The van der Waals surface area contributed by atoms with Gasteiger partial charge in [-0.15, -0.1) is 0 Å². The summed E-state index contributed by atoms with van der Waals surface area (Å²) in [4.78, 5) is 12.8. The molecule has 1 atom stereocenters. The number of benzene rings is 1. The molecule has 0 bridgehead atoms. The molecule has 2 nitrogen and oxygen atoms in total. The molecule has 2 heteroatoms. The van der Waals surface area contributed by atoms with Crippen molar-refractivity contribution in [2.45, 2.75) is 74.3 Å². The first-order chi connectivity index (χ1) is 10.2. The molecule has 1 rings (SSSR count). The molecule has 0 spiro atoms. The predicted molar refractivity (Wildman–Crippen MR) is 97.9 cm³/mol. The number of ether oxygens (including phenoxy) is 1. The molecular formula is C21H34O2. The lowest BCUT2D eigenvalue weighted by Gasteiger charge is -2.34. The van der Waals surface area contributed by atoms with Crippen LogP contribution in [0.1, 0.15) is 67.9 Å². The van der Waals surface area contributed by atoms with Crippen molar-refractivity contribution in [3.63, 3.8) is 0 Å². The summed E-state index contributed by atoms with van der Waals surface area (Å²) < 4.78 is 5.86. The number of Topliss-reactive ketones (excluding diaryl/α,β-unsaturated/α-hetero) is 1. The van der Waals surface area contributed by atoms with Gasteiger partial charge in [0.1, 0.15) is 17.1 Å². The van der Waals surface area contributed by atoms with Crippen molar-refractivity contribution in [3.05, 3.63) is 29.8 Å². The van der Waals surface area contributed by atoms with Crippen LogP contribution in [0.4, 0.5) is 0 Å². The van der Waals surface area contributed by atoms with Crippen LogP contribution in [0.25, 0.3) is 0 Å². The quantitative estimate of drug-likeness (QED) is 0.713. The molecule has 23 heavy (non-hydrogen) atoms. The summed E-state index contributed by atoms with van der Waals surface area (Å²) in [6.45, 7) is 18.6. The third-order valence-corrected chi connectivity index (χ3v) is 3.89. The van der Waals surface area contributed by atoms with Crippen LogP contribution in [0.15, 0.2) is 24.3 Å². The second-order valence-corrected chi connectivity index (χ2v) is 9.60. The molecule has 0 aromatic heterocycles. The molecule has 0 radical (unpaired) electrons. The number of hydrogen-bond acceptors (Lipinski definition) is 2. The minimum Gasteiger partial charge on any atom is -0.488 e. The lowest BCUT2D eigenvalue weighted by molar-refractivity contribution is -0.133. The fourth-order valence-corrected chi connectivity index (χ4v) is 2.60. The van der Waals surface area contributed by atoms with Gasteiger partial charge in [-0.05, 0) is 50.3 Å². The Balaban J connectivity index is 2.95. The average Bonchev–Trinajstić information content (AvgIpc) is 2.32. The standard InChI is InChI=1S/C21H34O2/c1-19(2,3)17(18(22)20(4,5)6)14-15-10-12-16(13-11-15)23-21(7,8)9/h10-13,17H,14H2,1-9H3/t17-/m1/s1. The smallest absolute Gasteiger partial charge is 0.142 e. The Morgan fingerprint density at radius 3 is 1.74 bits per heavy atom. The lowest BCUT2D eigenvalue weighted by Crippen LogP contribution is -2.37. The van der Waals surface area contributed by atoms with Crippen molar-refractivity contribution < 1.29 is 9.53 Å². The molecule has 0 heterocycles. The molecule has 0 N–H and O–H groups in total. The van der Waals surface area contributed by atoms with E-state index in [1.54, 1.807) is 0 Å². The van der Waals surface area contributed by atoms with E-state index in [1.807, 2.05) is 53.7 Å². The van der Waals surface area contributed by atoms with Crippen molar-refractivity contribution in [3.8, 4) is 5.75 Å². The zero-order chi connectivity index (χ0) is 18.1. The Labute approximate surface area is 142 Å². The largest absolute Gasteiger partial charge is 0.488 e. The minimum absolute atomic E-state index is 0.0110. The van der Waals surface area contributed by atoms with Crippen LogP contribution >= 0.6 is 0 Å². The Bertz CT molecular complexity index is 519. The summed E-state index contributed by atoms with van der Waals surface area (Å²) in [5.41, 5.74) is 0.624. The number of rotatable bonds is 4. The highest BCUT2D eigenvalue weighted by molar-refractivity contribution is 5.86. The van der Waals surface area contributed by atoms with Gasteiger partial charge in [-0.3, -0.25) is 4.79 Å². The first kappa shape index (κ1) is 19.7. The predicted octanol–water partition coefficient (Wildman–Crippen LogP) is 5.68. The van der Waals surface area contributed by atoms with E-state index in [9.17, 15) is 4.79 Å². The van der Waals surface area contributed by atoms with Crippen LogP contribution in [-0.4, -0.2) is 11.4 Å². The maximum absolute atomic E-state index is 12.8. The molecule has 1 aromatic rings. The molecule has 0 amide bonds. The van der Waals surface area contributed by atoms with E-state index in [0.29, 0.717) is 5.78 Å². The van der Waals surface area contributed by atoms with E-state index < -0.39 is 0 Å². The van der Waals surface area contributed by atoms with Crippen LogP contribution in [-0.2, 0) is 11.2 Å². The van der Waals surface area contributed by atoms with Crippen molar-refractivity contribution in [2.75, 3.05) is 0 Å². The fourth-order valence-electron chi connectivity index (χ4n) is 2.60. The summed E-state index contributed by atoms with van der Waals surface area (Å²) in [5.74, 6) is 1.22. The first-order valence-electron chi connectivity index (χ1n) is 8.52. The van der Waals surface area contributed by atoms with E-state index in [1.165, 1.54) is 5.56 Å². The topological polar surface area (TPSA) is 26.3 Å². The Morgan fingerprint density at radius 1 is 0.913 bits per heavy atom. The van der Waals surface area contributed by atoms with Crippen LogP contribution in [0.5, 0.6) is 5.75 Å². The van der Waals surface area contributed by atoms with E-state index in [0.717, 1.165) is 12.2 Å². The van der Waals surface area contributed by atoms with Gasteiger partial charge < -0.3 is 4.74 Å². The van der Waals surface area contributed by atoms with E-state index in [2.05, 4.69) is 32.9 Å². The second-order valence-electron chi connectivity index (χ2n) is 9.60. The molecule has 0 unspecified atom stereocenters. The zero-order valence-corrected chi connectivity index (χ0v) is 16.4. The summed E-state index contributed by atoms with van der Waals surface area (Å²) in [5, 5.41) is 0. The number of hydrogen-bond donors (Lipinski definition) is 0. The Kier molecular flexibility index (Phi) is 5.72. The maximum Gasteiger partial charge on any atom is 0.142 e. The van der Waals surface area contributed by atoms with Gasteiger partial charge in [0.05, 0.1) is 0 Å². The second kappa shape index (κ2) is 6.67. The monoisotopic (exact) mass is 318 g/mol. The number of ketones is 1. The molecule has 0 saturated carbocycles. The molecule has 0 aliphatic rings. The average molecular weight is 319 g/mol. The van der Waals surface area contributed by atoms with E-state index in [4.69, 9.17) is 4.74 Å². The van der Waals surface area contributed by atoms with Crippen LogP contribution in [0, 0.1) is 16.7 Å². The summed E-state index contributed by atoms with van der Waals surface area (Å²) in [7, 11) is 0. The first-order valence-corrected chi connectivity index (χ1v) is 8.52. The molecule has 0 saturated heterocycles. The highest BCUT2D eigenvalue weighted by Gasteiger charge is 2.37. The van der Waals surface area contributed by atoms with Gasteiger partial charge in [0.15, 0.2) is 0 Å². The van der Waals surface area contributed by atoms with Crippen molar-refractivity contribution in [1.82, 2.24) is 0 Å². The maximum atomic E-state index is 12.8. The molecule has 0 fully saturated rings. The summed E-state index contributed by atoms with van der Waals surface area (Å²) in [6.07, 6.45) is 0.773. The normalized spacial score (nSPS) is 14.5. The van der Waals surface area contributed by atoms with E-state index >= 15 is 0 Å². The molecule has 0 aliphatic carbocycles. The lowest BCUT2D eigenvalue weighted by atomic mass is 9.69. The minimum atomic E-state index is -0.312. The highest BCUT2D eigenvalue weighted by Crippen LogP contribution is 2.35. The fraction of sp³-hybridized carbons (Fsp3) is 0.667. The molecule has 1 aromatic carbocycles. The van der Waals surface area contributed by atoms with Gasteiger partial charge in [0.2, 0.25) is 0 Å². The molecular weight excluding hydrogens is 284 g/mol. The summed E-state index contributed by atoms with van der Waals surface area (Å²) >= 11 is 0. The zero-order valence-electron chi connectivity index (χ0n) is 16.4. The number of carbonyl (C=O) groups excluding carboxylic acids is 1. The molecule has 0 aliphatic heterocycles. The number of carbonyl (C=O) groups is 1. The van der Waals surface area contributed by atoms with Gasteiger partial charge in [0, 0.05) is 11.3 Å². The SMILES string of the molecule is CC(C)(C)Oc1ccc(C[C@H](C(=O)C(C)(C)C)C(C)(C)C)cc1. The van der Waals surface area contributed by atoms with Crippen LogP contribution < -0.4 is 4.74 Å². The Hall–Kier alpha value is -1.31. The van der Waals surface area contributed by atoms with Gasteiger partial charge in [-0.1, -0.05) is 53.7 Å². The third kappa shape index (κ3) is 6.37. The van der Waals surface area contributed by atoms with E-state index in [-0.39, 0.29) is 22.3 Å². The van der Waals surface area contributed by atoms with Crippen LogP contribution in [0.2, 0.25) is 0 Å². The van der Waals surface area contributed by atoms with Crippen molar-refractivity contribution >= 4 is 5.78 Å². The molecule has 130 valence electrons. The van der Waals surface area contributed by atoms with Gasteiger partial charge in [0.25, 0.3) is 0 Å². The highest BCUT2D eigenvalue weighted by atomic mass is 16.5. The van der Waals surface area contributed by atoms with Crippen LogP contribution in [0.3, 0.4) is 0 Å². The van der Waals surface area contributed by atoms with Gasteiger partial charge in [-0.25, -0.2) is 0 Å². The van der Waals surface area contributed by atoms with Gasteiger partial charge >= 0.3 is 0 Å². The summed E-state index contributed by atoms with van der Waals surface area (Å²) in [6, 6.07) is 8.16. The third-order valence-electron chi connectivity index (χ3n) is 3.89.